The number of ether oxygens (including phenoxy) is 1. The first-order valence-electron chi connectivity index (χ1n) is 6.43. The highest BCUT2D eigenvalue weighted by atomic mass is 79.9. The summed E-state index contributed by atoms with van der Waals surface area (Å²) >= 11 is 4.89. The van der Waals surface area contributed by atoms with Crippen LogP contribution in [0.1, 0.15) is 28.4 Å². The lowest BCUT2D eigenvalue weighted by Crippen LogP contribution is -2.26. The van der Waals surface area contributed by atoms with E-state index in [0.717, 1.165) is 5.56 Å². The summed E-state index contributed by atoms with van der Waals surface area (Å²) in [6, 6.07) is 7.11. The summed E-state index contributed by atoms with van der Waals surface area (Å²) in [5, 5.41) is 16.6. The Labute approximate surface area is 135 Å². The van der Waals surface area contributed by atoms with Gasteiger partial charge in [-0.15, -0.1) is 0 Å². The van der Waals surface area contributed by atoms with Crippen LogP contribution in [0.25, 0.3) is 0 Å². The van der Waals surface area contributed by atoms with E-state index in [9.17, 15) is 9.90 Å². The van der Waals surface area contributed by atoms with Gasteiger partial charge < -0.3 is 15.2 Å². The molecule has 0 radical (unpaired) electrons. The molecule has 6 heteroatoms. The first-order valence-corrected chi connectivity index (χ1v) is 8.17. The van der Waals surface area contributed by atoms with Crippen molar-refractivity contribution in [3.05, 3.63) is 50.6 Å². The van der Waals surface area contributed by atoms with E-state index >= 15 is 0 Å². The summed E-state index contributed by atoms with van der Waals surface area (Å²) < 4.78 is 5.82. The molecule has 2 aromatic rings. The molecule has 0 aliphatic rings. The van der Waals surface area contributed by atoms with Crippen LogP contribution in [0.3, 0.4) is 0 Å². The monoisotopic (exact) mass is 369 g/mol. The largest absolute Gasteiger partial charge is 0.497 e. The van der Waals surface area contributed by atoms with Gasteiger partial charge in [-0.25, -0.2) is 0 Å². The van der Waals surface area contributed by atoms with Crippen molar-refractivity contribution in [2.75, 3.05) is 13.7 Å². The fourth-order valence-electron chi connectivity index (χ4n) is 1.85. The summed E-state index contributed by atoms with van der Waals surface area (Å²) in [6.07, 6.45) is -0.0744. The van der Waals surface area contributed by atoms with Crippen molar-refractivity contribution in [1.82, 2.24) is 5.32 Å². The molecule has 0 bridgehead atoms. The second-order valence-corrected chi connectivity index (χ2v) is 6.10. The second kappa shape index (κ2) is 7.59. The standard InChI is InChI=1S/C15H16BrNO3S/c1-20-11-2-3-13(16)12(8-11)15(19)17-6-4-14(18)10-5-7-21-9-10/h2-3,5,7-9,14,18H,4,6H2,1H3,(H,17,19). The SMILES string of the molecule is COc1ccc(Br)c(C(=O)NCCC(O)c2ccsc2)c1. The zero-order valence-corrected chi connectivity index (χ0v) is 13.9. The molecule has 1 heterocycles. The van der Waals surface area contributed by atoms with Crippen LogP contribution in [0.4, 0.5) is 0 Å². The Kier molecular flexibility index (Phi) is 5.78. The van der Waals surface area contributed by atoms with Gasteiger partial charge in [0.05, 0.1) is 18.8 Å². The number of benzene rings is 1. The van der Waals surface area contributed by atoms with Crippen molar-refractivity contribution in [2.24, 2.45) is 0 Å². The number of hydrogen-bond acceptors (Lipinski definition) is 4. The van der Waals surface area contributed by atoms with Crippen molar-refractivity contribution in [3.63, 3.8) is 0 Å². The molecule has 112 valence electrons. The molecule has 1 aromatic carbocycles. The minimum absolute atomic E-state index is 0.196. The van der Waals surface area contributed by atoms with Crippen LogP contribution in [-0.4, -0.2) is 24.7 Å². The number of aliphatic hydroxyl groups excluding tert-OH is 1. The molecule has 0 aliphatic carbocycles. The number of amides is 1. The van der Waals surface area contributed by atoms with Gasteiger partial charge >= 0.3 is 0 Å². The molecule has 4 nitrogen and oxygen atoms in total. The number of thiophene rings is 1. The van der Waals surface area contributed by atoms with Gasteiger partial charge in [0.25, 0.3) is 5.91 Å². The Morgan fingerprint density at radius 3 is 2.95 bits per heavy atom. The number of halogens is 1. The van der Waals surface area contributed by atoms with Crippen LogP contribution < -0.4 is 10.1 Å². The summed E-state index contributed by atoms with van der Waals surface area (Å²) in [6.45, 7) is 0.402. The van der Waals surface area contributed by atoms with Crippen molar-refractivity contribution < 1.29 is 14.6 Å². The molecule has 21 heavy (non-hydrogen) atoms. The van der Waals surface area contributed by atoms with Crippen molar-refractivity contribution in [2.45, 2.75) is 12.5 Å². The van der Waals surface area contributed by atoms with Crippen LogP contribution in [0.5, 0.6) is 5.75 Å². The van der Waals surface area contributed by atoms with Crippen molar-refractivity contribution in [1.29, 1.82) is 0 Å². The first kappa shape index (κ1) is 16.0. The van der Waals surface area contributed by atoms with E-state index in [2.05, 4.69) is 21.2 Å². The molecule has 0 spiro atoms. The zero-order chi connectivity index (χ0) is 15.2. The number of carbonyl (C=O) groups is 1. The van der Waals surface area contributed by atoms with Gasteiger partial charge in [-0.2, -0.15) is 11.3 Å². The lowest BCUT2D eigenvalue weighted by molar-refractivity contribution is 0.0941. The summed E-state index contributed by atoms with van der Waals surface area (Å²) in [5.41, 5.74) is 1.40. The van der Waals surface area contributed by atoms with Crippen LogP contribution in [0.15, 0.2) is 39.5 Å². The fraction of sp³-hybridized carbons (Fsp3) is 0.267. The van der Waals surface area contributed by atoms with Gasteiger partial charge in [-0.1, -0.05) is 0 Å². The fourth-order valence-corrected chi connectivity index (χ4v) is 2.99. The number of aliphatic hydroxyl groups is 1. The van der Waals surface area contributed by atoms with Crippen molar-refractivity contribution in [3.8, 4) is 5.75 Å². The summed E-state index contributed by atoms with van der Waals surface area (Å²) in [5.74, 6) is 0.431. The molecule has 0 fully saturated rings. The maximum absolute atomic E-state index is 12.1. The first-order chi connectivity index (χ1) is 10.1. The Bertz CT molecular complexity index is 601. The Morgan fingerprint density at radius 2 is 2.29 bits per heavy atom. The number of nitrogens with one attached hydrogen (secondary N) is 1. The van der Waals surface area contributed by atoms with Crippen LogP contribution >= 0.6 is 27.3 Å². The molecule has 1 atom stereocenters. The van der Waals surface area contributed by atoms with Gasteiger partial charge in [-0.3, -0.25) is 4.79 Å². The van der Waals surface area contributed by atoms with E-state index < -0.39 is 6.10 Å². The molecule has 0 saturated heterocycles. The Balaban J connectivity index is 1.90. The lowest BCUT2D eigenvalue weighted by atomic mass is 10.1. The maximum atomic E-state index is 12.1. The predicted octanol–water partition coefficient (Wildman–Crippen LogP) is 3.37. The lowest BCUT2D eigenvalue weighted by Gasteiger charge is -2.11. The number of rotatable bonds is 6. The maximum Gasteiger partial charge on any atom is 0.252 e. The summed E-state index contributed by atoms with van der Waals surface area (Å²) in [7, 11) is 1.56. The average molecular weight is 370 g/mol. The van der Waals surface area contributed by atoms with E-state index in [4.69, 9.17) is 4.74 Å². The second-order valence-electron chi connectivity index (χ2n) is 4.46. The quantitative estimate of drug-likeness (QED) is 0.820. The third-order valence-electron chi connectivity index (χ3n) is 3.05. The van der Waals surface area contributed by atoms with E-state index in [1.54, 1.807) is 36.6 Å². The van der Waals surface area contributed by atoms with E-state index in [0.29, 0.717) is 28.8 Å². The van der Waals surface area contributed by atoms with E-state index in [1.165, 1.54) is 0 Å². The highest BCUT2D eigenvalue weighted by molar-refractivity contribution is 9.10. The highest BCUT2D eigenvalue weighted by Gasteiger charge is 2.12. The van der Waals surface area contributed by atoms with Crippen LogP contribution in [0.2, 0.25) is 0 Å². The van der Waals surface area contributed by atoms with Crippen LogP contribution in [-0.2, 0) is 0 Å². The molecule has 1 amide bonds. The topological polar surface area (TPSA) is 58.6 Å². The minimum atomic E-state index is -0.551. The van der Waals surface area contributed by atoms with Gasteiger partial charge in [-0.05, 0) is 62.9 Å². The third-order valence-corrected chi connectivity index (χ3v) is 4.44. The molecular weight excluding hydrogens is 354 g/mol. The molecule has 2 N–H and O–H groups in total. The third kappa shape index (κ3) is 4.30. The van der Waals surface area contributed by atoms with Crippen LogP contribution in [0, 0.1) is 0 Å². The van der Waals surface area contributed by atoms with E-state index in [-0.39, 0.29) is 5.91 Å². The average Bonchev–Trinajstić information content (AvgIpc) is 3.01. The molecule has 2 rings (SSSR count). The highest BCUT2D eigenvalue weighted by Crippen LogP contribution is 2.23. The predicted molar refractivity (Wildman–Crippen MR) is 86.9 cm³/mol. The number of carbonyl (C=O) groups excluding carboxylic acids is 1. The zero-order valence-electron chi connectivity index (χ0n) is 11.5. The van der Waals surface area contributed by atoms with E-state index in [1.807, 2.05) is 16.8 Å². The Morgan fingerprint density at radius 1 is 1.48 bits per heavy atom. The summed E-state index contributed by atoms with van der Waals surface area (Å²) in [4.78, 5) is 12.1. The molecule has 1 aromatic heterocycles. The molecular formula is C15H16BrNO3S. The smallest absolute Gasteiger partial charge is 0.252 e. The van der Waals surface area contributed by atoms with Gasteiger partial charge in [0.15, 0.2) is 0 Å². The normalized spacial score (nSPS) is 12.0. The molecule has 1 unspecified atom stereocenters. The van der Waals surface area contributed by atoms with Crippen molar-refractivity contribution >= 4 is 33.2 Å². The Hall–Kier alpha value is -1.37. The molecule has 0 aliphatic heterocycles. The minimum Gasteiger partial charge on any atom is -0.497 e. The number of methoxy groups -OCH3 is 1. The number of hydrogen-bond donors (Lipinski definition) is 2. The molecule has 0 saturated carbocycles. The van der Waals surface area contributed by atoms with Gasteiger partial charge in [0.1, 0.15) is 5.75 Å². The van der Waals surface area contributed by atoms with Gasteiger partial charge in [0.2, 0.25) is 0 Å². The van der Waals surface area contributed by atoms with Gasteiger partial charge in [0, 0.05) is 11.0 Å².